The molecule has 3 rings (SSSR count). The van der Waals surface area contributed by atoms with Gasteiger partial charge in [0.15, 0.2) is 0 Å². The highest BCUT2D eigenvalue weighted by molar-refractivity contribution is 6.31. The lowest BCUT2D eigenvalue weighted by Crippen LogP contribution is -2.44. The number of hydrogen-bond donors (Lipinski definition) is 1. The Balaban J connectivity index is 1.94. The third kappa shape index (κ3) is 8.31. The molecule has 0 aliphatic carbocycles. The minimum Gasteiger partial charge on any atom is -0.338 e. The molecule has 0 bridgehead atoms. The highest BCUT2D eigenvalue weighted by Crippen LogP contribution is 2.42. The van der Waals surface area contributed by atoms with Crippen LogP contribution in [-0.2, 0) is 22.0 Å². The molecule has 0 radical (unpaired) electrons. The fraction of sp³-hybridized carbons (Fsp3) is 0.333. The molecule has 1 aliphatic heterocycles. The Labute approximate surface area is 236 Å². The van der Waals surface area contributed by atoms with Gasteiger partial charge in [-0.25, -0.2) is 9.45 Å². The molecule has 19 heteroatoms. The van der Waals surface area contributed by atoms with E-state index in [2.05, 4.69) is 4.84 Å². The molecule has 1 heterocycles. The number of amides is 2. The summed E-state index contributed by atoms with van der Waals surface area (Å²) in [5.74, 6) is -7.99. The molecule has 1 unspecified atom stereocenters. The summed E-state index contributed by atoms with van der Waals surface area (Å²) < 4.78 is 174. The quantitative estimate of drug-likeness (QED) is 0.327. The third-order valence-electron chi connectivity index (χ3n) is 5.74. The molecule has 1 aliphatic rings. The SMILES string of the molecule is O=C(N[C@@H]1CON(CC(F)(F)F)C1=O)c1ccc(/C(F)=C/C(c2ccc(C(F)(F)F)c(Cl)c2)C(F)(F)F)cc1C(F)(F)F. The summed E-state index contributed by atoms with van der Waals surface area (Å²) in [5.41, 5.74) is -6.77. The number of hydroxylamine groups is 2. The molecule has 2 aromatic rings. The van der Waals surface area contributed by atoms with Gasteiger partial charge in [0.2, 0.25) is 0 Å². The van der Waals surface area contributed by atoms with Gasteiger partial charge in [0, 0.05) is 5.56 Å². The zero-order valence-corrected chi connectivity index (χ0v) is 21.3. The van der Waals surface area contributed by atoms with Crippen LogP contribution in [0, 0.1) is 0 Å². The molecule has 0 spiro atoms. The van der Waals surface area contributed by atoms with E-state index >= 15 is 0 Å². The van der Waals surface area contributed by atoms with Crippen molar-refractivity contribution < 1.29 is 71.5 Å². The van der Waals surface area contributed by atoms with Crippen LogP contribution in [0.25, 0.3) is 5.83 Å². The normalized spacial score (nSPS) is 17.8. The van der Waals surface area contributed by atoms with E-state index < -0.39 is 100 Å². The Hall–Kier alpha value is -3.54. The lowest BCUT2D eigenvalue weighted by molar-refractivity contribution is -0.214. The van der Waals surface area contributed by atoms with E-state index in [0.717, 1.165) is 0 Å². The lowest BCUT2D eigenvalue weighted by Gasteiger charge is -2.20. The van der Waals surface area contributed by atoms with Crippen LogP contribution in [0.1, 0.15) is 38.5 Å². The number of halogens is 14. The van der Waals surface area contributed by atoms with Crippen LogP contribution in [0.5, 0.6) is 0 Å². The Morgan fingerprint density at radius 1 is 0.953 bits per heavy atom. The van der Waals surface area contributed by atoms with Gasteiger partial charge in [-0.15, -0.1) is 0 Å². The molecule has 5 nitrogen and oxygen atoms in total. The fourth-order valence-electron chi connectivity index (χ4n) is 3.80. The van der Waals surface area contributed by atoms with Crippen LogP contribution in [0.2, 0.25) is 5.02 Å². The maximum Gasteiger partial charge on any atom is 0.417 e. The van der Waals surface area contributed by atoms with Gasteiger partial charge in [-0.2, -0.15) is 52.7 Å². The molecule has 2 atom stereocenters. The van der Waals surface area contributed by atoms with Gasteiger partial charge < -0.3 is 5.32 Å². The second kappa shape index (κ2) is 11.9. The summed E-state index contributed by atoms with van der Waals surface area (Å²) in [6, 6.07) is -0.246. The number of allylic oxidation sites excluding steroid dienone is 1. The van der Waals surface area contributed by atoms with Crippen molar-refractivity contribution in [3.8, 4) is 0 Å². The Kier molecular flexibility index (Phi) is 9.36. The predicted molar refractivity (Wildman–Crippen MR) is 121 cm³/mol. The van der Waals surface area contributed by atoms with Crippen molar-refractivity contribution in [3.05, 3.63) is 75.3 Å². The van der Waals surface area contributed by atoms with Crippen molar-refractivity contribution in [2.24, 2.45) is 0 Å². The van der Waals surface area contributed by atoms with Crippen LogP contribution >= 0.6 is 11.6 Å². The average molecular weight is 661 g/mol. The molecule has 0 aromatic heterocycles. The van der Waals surface area contributed by atoms with Crippen molar-refractivity contribution in [2.75, 3.05) is 13.2 Å². The van der Waals surface area contributed by atoms with Crippen LogP contribution < -0.4 is 5.32 Å². The molecule has 1 N–H and O–H groups in total. The maximum absolute atomic E-state index is 15.0. The van der Waals surface area contributed by atoms with Gasteiger partial charge in [-0.3, -0.25) is 14.4 Å². The second-order valence-corrected chi connectivity index (χ2v) is 9.25. The Morgan fingerprint density at radius 3 is 2.07 bits per heavy atom. The number of nitrogens with zero attached hydrogens (tertiary/aromatic N) is 1. The monoisotopic (exact) mass is 660 g/mol. The summed E-state index contributed by atoms with van der Waals surface area (Å²) in [4.78, 5) is 29.0. The minimum absolute atomic E-state index is 0.0448. The van der Waals surface area contributed by atoms with E-state index in [1.165, 1.54) is 0 Å². The number of alkyl halides is 12. The molecule has 1 saturated heterocycles. The smallest absolute Gasteiger partial charge is 0.338 e. The van der Waals surface area contributed by atoms with Crippen LogP contribution in [0.4, 0.5) is 57.1 Å². The fourth-order valence-corrected chi connectivity index (χ4v) is 4.10. The standard InChI is InChI=1S/C24H14ClF13N2O3/c25-16-6-10(2-4-13(16)22(30,31)32)14(23(33,34)35)7-17(26)11-1-3-12(15(5-11)24(36,37)38)19(41)39-18-8-43-40(20(18)42)9-21(27,28)29/h1-7,14,18H,8-9H2,(H,39,41)/b17-7-/t14?,18-/m1/s1. The van der Waals surface area contributed by atoms with E-state index in [1.54, 1.807) is 5.32 Å². The first-order chi connectivity index (χ1) is 19.5. The van der Waals surface area contributed by atoms with Crippen molar-refractivity contribution in [1.29, 1.82) is 0 Å². The number of nitrogens with one attached hydrogen (secondary N) is 1. The molecule has 2 aromatic carbocycles. The average Bonchev–Trinajstić information content (AvgIpc) is 3.17. The summed E-state index contributed by atoms with van der Waals surface area (Å²) >= 11 is 5.44. The summed E-state index contributed by atoms with van der Waals surface area (Å²) in [6.45, 7) is -2.76. The lowest BCUT2D eigenvalue weighted by atomic mass is 9.94. The van der Waals surface area contributed by atoms with Gasteiger partial charge in [-0.05, 0) is 35.9 Å². The van der Waals surface area contributed by atoms with Crippen molar-refractivity contribution in [3.63, 3.8) is 0 Å². The van der Waals surface area contributed by atoms with Crippen LogP contribution in [-0.4, -0.2) is 48.4 Å². The highest BCUT2D eigenvalue weighted by Gasteiger charge is 2.44. The first-order valence-electron chi connectivity index (χ1n) is 11.3. The van der Waals surface area contributed by atoms with Crippen molar-refractivity contribution in [2.45, 2.75) is 36.7 Å². The van der Waals surface area contributed by atoms with Gasteiger partial charge in [0.05, 0.1) is 21.7 Å². The Morgan fingerprint density at radius 2 is 1.56 bits per heavy atom. The summed E-state index contributed by atoms with van der Waals surface area (Å²) in [7, 11) is 0. The number of benzene rings is 2. The van der Waals surface area contributed by atoms with E-state index in [1.807, 2.05) is 0 Å². The van der Waals surface area contributed by atoms with Gasteiger partial charge >= 0.3 is 24.7 Å². The number of carbonyl (C=O) groups is 2. The van der Waals surface area contributed by atoms with Gasteiger partial charge in [0.1, 0.15) is 30.9 Å². The number of hydrogen-bond acceptors (Lipinski definition) is 3. The number of carbonyl (C=O) groups excluding carboxylic acids is 2. The number of rotatable bonds is 6. The summed E-state index contributed by atoms with van der Waals surface area (Å²) in [5, 5.41) is 0.420. The minimum atomic E-state index is -5.44. The van der Waals surface area contributed by atoms with Gasteiger partial charge in [-0.1, -0.05) is 23.7 Å². The van der Waals surface area contributed by atoms with Crippen LogP contribution in [0.3, 0.4) is 0 Å². The highest BCUT2D eigenvalue weighted by atomic mass is 35.5. The molecule has 236 valence electrons. The van der Waals surface area contributed by atoms with Crippen LogP contribution in [0.15, 0.2) is 42.5 Å². The molecule has 43 heavy (non-hydrogen) atoms. The largest absolute Gasteiger partial charge is 0.417 e. The van der Waals surface area contributed by atoms with Gasteiger partial charge in [0.25, 0.3) is 11.8 Å². The molecule has 1 fully saturated rings. The first kappa shape index (κ1) is 34.0. The second-order valence-electron chi connectivity index (χ2n) is 8.84. The van der Waals surface area contributed by atoms with E-state index in [0.29, 0.717) is 18.2 Å². The molecule has 2 amide bonds. The van der Waals surface area contributed by atoms with E-state index in [-0.39, 0.29) is 29.3 Å². The molecule has 0 saturated carbocycles. The third-order valence-corrected chi connectivity index (χ3v) is 6.05. The van der Waals surface area contributed by atoms with Crippen molar-refractivity contribution in [1.82, 2.24) is 10.4 Å². The topological polar surface area (TPSA) is 58.6 Å². The molecular formula is C24H14ClF13N2O3. The summed E-state index contributed by atoms with van der Waals surface area (Å²) in [6.07, 6.45) is -20.9. The zero-order valence-electron chi connectivity index (χ0n) is 20.6. The van der Waals surface area contributed by atoms with E-state index in [9.17, 15) is 66.7 Å². The Bertz CT molecular complexity index is 1420. The maximum atomic E-state index is 15.0. The van der Waals surface area contributed by atoms with Crippen molar-refractivity contribution >= 4 is 29.2 Å². The first-order valence-corrected chi connectivity index (χ1v) is 11.7. The van der Waals surface area contributed by atoms with E-state index in [4.69, 9.17) is 11.6 Å². The zero-order chi connectivity index (χ0) is 32.7. The molecular weight excluding hydrogens is 647 g/mol. The predicted octanol–water partition coefficient (Wildman–Crippen LogP) is 7.47.